The summed E-state index contributed by atoms with van der Waals surface area (Å²) in [6.07, 6.45) is 1.75. The summed E-state index contributed by atoms with van der Waals surface area (Å²) in [5, 5.41) is 2.48. The summed E-state index contributed by atoms with van der Waals surface area (Å²) in [6.45, 7) is 2.72. The van der Waals surface area contributed by atoms with Gasteiger partial charge in [0.05, 0.1) is 0 Å². The molecule has 1 fully saturated rings. The van der Waals surface area contributed by atoms with Gasteiger partial charge >= 0.3 is 12.0 Å². The first kappa shape index (κ1) is 17.9. The lowest BCUT2D eigenvalue weighted by molar-refractivity contribution is -0.150. The Hall–Kier alpha value is -2.90. The molecule has 0 aliphatic carbocycles. The number of para-hydroxylation sites is 1. The number of urea groups is 1. The van der Waals surface area contributed by atoms with Crippen LogP contribution in [-0.4, -0.2) is 54.0 Å². The highest BCUT2D eigenvalue weighted by Crippen LogP contribution is 2.26. The summed E-state index contributed by atoms with van der Waals surface area (Å²) in [5.41, 5.74) is 0.862. The number of nitrogens with zero attached hydrogens (tertiary/aromatic N) is 2. The molecular weight excluding hydrogens is 338 g/mol. The van der Waals surface area contributed by atoms with E-state index in [1.165, 1.54) is 0 Å². The molecule has 138 valence electrons. The summed E-state index contributed by atoms with van der Waals surface area (Å²) in [6, 6.07) is 6.97. The zero-order valence-electron chi connectivity index (χ0n) is 14.8. The molecule has 0 atom stereocenters. The second-order valence-corrected chi connectivity index (χ2v) is 6.88. The minimum Gasteiger partial charge on any atom is -0.454 e. The van der Waals surface area contributed by atoms with Gasteiger partial charge in [0.15, 0.2) is 6.61 Å². The lowest BCUT2D eigenvalue weighted by Gasteiger charge is -2.29. The zero-order valence-corrected chi connectivity index (χ0v) is 14.8. The van der Waals surface area contributed by atoms with E-state index in [0.29, 0.717) is 6.54 Å². The van der Waals surface area contributed by atoms with Crippen molar-refractivity contribution in [3.8, 4) is 0 Å². The molecule has 4 amide bonds. The van der Waals surface area contributed by atoms with Gasteiger partial charge in [0.1, 0.15) is 12.1 Å². The number of rotatable bonds is 4. The van der Waals surface area contributed by atoms with Crippen molar-refractivity contribution in [3.63, 3.8) is 0 Å². The minimum atomic E-state index is -1.05. The number of aryl methyl sites for hydroxylation is 1. The molecule has 3 rings (SSSR count). The first-order valence-corrected chi connectivity index (χ1v) is 8.47. The summed E-state index contributed by atoms with van der Waals surface area (Å²) >= 11 is 0. The number of nitrogens with one attached hydrogen (secondary N) is 1. The second kappa shape index (κ2) is 6.78. The standard InChI is InChI=1S/C18H21N3O5/c1-18(2)16(24)21(17(25)19-18)10-15(23)26-11-14(22)20-9-5-7-12-6-3-4-8-13(12)20/h3-4,6,8H,5,7,9-11H2,1-2H3,(H,19,25). The molecule has 8 nitrogen and oxygen atoms in total. The molecule has 1 aromatic rings. The van der Waals surface area contributed by atoms with Crippen molar-refractivity contribution in [2.45, 2.75) is 32.2 Å². The molecule has 1 N–H and O–H groups in total. The average molecular weight is 359 g/mol. The van der Waals surface area contributed by atoms with Gasteiger partial charge in [-0.1, -0.05) is 18.2 Å². The number of esters is 1. The van der Waals surface area contributed by atoms with E-state index in [4.69, 9.17) is 4.74 Å². The maximum absolute atomic E-state index is 12.4. The first-order chi connectivity index (χ1) is 12.3. The Kier molecular flexibility index (Phi) is 4.67. The fourth-order valence-electron chi connectivity index (χ4n) is 3.15. The van der Waals surface area contributed by atoms with Crippen LogP contribution < -0.4 is 10.2 Å². The van der Waals surface area contributed by atoms with Crippen molar-refractivity contribution in [1.82, 2.24) is 10.2 Å². The van der Waals surface area contributed by atoms with Gasteiger partial charge in [-0.2, -0.15) is 0 Å². The Morgan fingerprint density at radius 3 is 2.65 bits per heavy atom. The van der Waals surface area contributed by atoms with Gasteiger partial charge in [-0.3, -0.25) is 19.3 Å². The molecule has 2 aliphatic heterocycles. The molecule has 8 heteroatoms. The van der Waals surface area contributed by atoms with E-state index in [1.807, 2.05) is 24.3 Å². The topological polar surface area (TPSA) is 96.0 Å². The van der Waals surface area contributed by atoms with E-state index < -0.39 is 36.6 Å². The normalized spacial score (nSPS) is 18.4. The van der Waals surface area contributed by atoms with Crippen molar-refractivity contribution in [2.24, 2.45) is 0 Å². The van der Waals surface area contributed by atoms with Crippen LogP contribution in [0.25, 0.3) is 0 Å². The largest absolute Gasteiger partial charge is 0.454 e. The van der Waals surface area contributed by atoms with Crippen LogP contribution >= 0.6 is 0 Å². The molecule has 0 unspecified atom stereocenters. The number of anilines is 1. The zero-order chi connectivity index (χ0) is 18.9. The molecule has 26 heavy (non-hydrogen) atoms. The molecule has 0 aromatic heterocycles. The Morgan fingerprint density at radius 1 is 1.23 bits per heavy atom. The number of carbonyl (C=O) groups is 4. The predicted octanol–water partition coefficient (Wildman–Crippen LogP) is 0.839. The monoisotopic (exact) mass is 359 g/mol. The van der Waals surface area contributed by atoms with Crippen molar-refractivity contribution in [3.05, 3.63) is 29.8 Å². The Morgan fingerprint density at radius 2 is 1.96 bits per heavy atom. The van der Waals surface area contributed by atoms with E-state index >= 15 is 0 Å². The molecule has 2 aliphatic rings. The molecular formula is C18H21N3O5. The van der Waals surface area contributed by atoms with Crippen LogP contribution in [0.2, 0.25) is 0 Å². The number of ether oxygens (including phenoxy) is 1. The highest BCUT2D eigenvalue weighted by atomic mass is 16.5. The number of imide groups is 1. The van der Waals surface area contributed by atoms with Crippen LogP contribution in [0, 0.1) is 0 Å². The summed E-state index contributed by atoms with van der Waals surface area (Å²) in [4.78, 5) is 50.6. The van der Waals surface area contributed by atoms with Gasteiger partial charge in [-0.25, -0.2) is 4.79 Å². The smallest absolute Gasteiger partial charge is 0.326 e. The summed E-state index contributed by atoms with van der Waals surface area (Å²) < 4.78 is 4.99. The van der Waals surface area contributed by atoms with Gasteiger partial charge in [-0.05, 0) is 38.3 Å². The van der Waals surface area contributed by atoms with E-state index in [-0.39, 0.29) is 5.91 Å². The maximum atomic E-state index is 12.4. The Bertz CT molecular complexity index is 774. The van der Waals surface area contributed by atoms with Gasteiger partial charge in [0.25, 0.3) is 11.8 Å². The third-order valence-corrected chi connectivity index (χ3v) is 4.50. The number of carbonyl (C=O) groups excluding carboxylic acids is 4. The molecule has 1 aromatic carbocycles. The highest BCUT2D eigenvalue weighted by molar-refractivity contribution is 6.08. The Labute approximate surface area is 151 Å². The van der Waals surface area contributed by atoms with Gasteiger partial charge in [-0.15, -0.1) is 0 Å². The lowest BCUT2D eigenvalue weighted by atomic mass is 10.0. The molecule has 1 saturated heterocycles. The first-order valence-electron chi connectivity index (χ1n) is 8.47. The number of amides is 4. The molecule has 0 spiro atoms. The van der Waals surface area contributed by atoms with Crippen LogP contribution in [0.3, 0.4) is 0 Å². The predicted molar refractivity (Wildman–Crippen MR) is 92.4 cm³/mol. The van der Waals surface area contributed by atoms with Crippen molar-refractivity contribution >= 4 is 29.5 Å². The van der Waals surface area contributed by atoms with Crippen molar-refractivity contribution < 1.29 is 23.9 Å². The van der Waals surface area contributed by atoms with Crippen LogP contribution in [-0.2, 0) is 25.5 Å². The average Bonchev–Trinajstić information content (AvgIpc) is 2.81. The fourth-order valence-corrected chi connectivity index (χ4v) is 3.15. The maximum Gasteiger partial charge on any atom is 0.326 e. The quantitative estimate of drug-likeness (QED) is 0.635. The molecule has 0 saturated carbocycles. The van der Waals surface area contributed by atoms with Gasteiger partial charge in [0, 0.05) is 12.2 Å². The van der Waals surface area contributed by atoms with E-state index in [0.717, 1.165) is 29.0 Å². The number of fused-ring (bicyclic) bond motifs is 1. The van der Waals surface area contributed by atoms with Gasteiger partial charge in [0.2, 0.25) is 0 Å². The van der Waals surface area contributed by atoms with E-state index in [1.54, 1.807) is 18.7 Å². The van der Waals surface area contributed by atoms with Crippen LogP contribution in [0.5, 0.6) is 0 Å². The van der Waals surface area contributed by atoms with E-state index in [9.17, 15) is 19.2 Å². The molecule has 0 radical (unpaired) electrons. The minimum absolute atomic E-state index is 0.331. The van der Waals surface area contributed by atoms with Crippen LogP contribution in [0.4, 0.5) is 10.5 Å². The van der Waals surface area contributed by atoms with Crippen molar-refractivity contribution in [1.29, 1.82) is 0 Å². The van der Waals surface area contributed by atoms with Crippen molar-refractivity contribution in [2.75, 3.05) is 24.6 Å². The number of hydrogen-bond donors (Lipinski definition) is 1. The Balaban J connectivity index is 1.56. The number of benzene rings is 1. The third-order valence-electron chi connectivity index (χ3n) is 4.50. The van der Waals surface area contributed by atoms with E-state index in [2.05, 4.69) is 5.32 Å². The lowest BCUT2D eigenvalue weighted by Crippen LogP contribution is -2.42. The second-order valence-electron chi connectivity index (χ2n) is 6.88. The summed E-state index contributed by atoms with van der Waals surface area (Å²) in [5.74, 6) is -1.64. The fraction of sp³-hybridized carbons (Fsp3) is 0.444. The van der Waals surface area contributed by atoms with Gasteiger partial charge < -0.3 is 15.0 Å². The molecule has 0 bridgehead atoms. The van der Waals surface area contributed by atoms with Crippen LogP contribution in [0.15, 0.2) is 24.3 Å². The summed E-state index contributed by atoms with van der Waals surface area (Å²) in [7, 11) is 0. The highest BCUT2D eigenvalue weighted by Gasteiger charge is 2.45. The number of hydrogen-bond acceptors (Lipinski definition) is 5. The third kappa shape index (κ3) is 3.40. The van der Waals surface area contributed by atoms with Crippen LogP contribution in [0.1, 0.15) is 25.8 Å². The SMILES string of the molecule is CC1(C)NC(=O)N(CC(=O)OCC(=O)N2CCCc3ccccc32)C1=O. The molecule has 2 heterocycles.